The van der Waals surface area contributed by atoms with Gasteiger partial charge in [0.1, 0.15) is 6.54 Å². The second kappa shape index (κ2) is 8.23. The number of para-hydroxylation sites is 1. The zero-order chi connectivity index (χ0) is 20.2. The lowest BCUT2D eigenvalue weighted by molar-refractivity contribution is -0.885. The average molecular weight is 390 g/mol. The molecule has 5 nitrogen and oxygen atoms in total. The Balaban J connectivity index is 1.99. The van der Waals surface area contributed by atoms with Crippen LogP contribution in [0.3, 0.4) is 0 Å². The van der Waals surface area contributed by atoms with Crippen LogP contribution >= 0.6 is 0 Å². The minimum atomic E-state index is -3.39. The van der Waals surface area contributed by atoms with E-state index in [0.717, 1.165) is 16.7 Å². The van der Waals surface area contributed by atoms with Gasteiger partial charge in [-0.05, 0) is 23.1 Å². The summed E-state index contributed by atoms with van der Waals surface area (Å²) in [6, 6.07) is 14.9. The zero-order valence-electron chi connectivity index (χ0n) is 16.7. The summed E-state index contributed by atoms with van der Waals surface area (Å²) < 4.78 is 23.7. The fourth-order valence-corrected chi connectivity index (χ4v) is 3.74. The second-order valence-corrected chi connectivity index (χ2v) is 10.1. The number of hydrogen-bond donors (Lipinski definition) is 2. The highest BCUT2D eigenvalue weighted by molar-refractivity contribution is 7.90. The summed E-state index contributed by atoms with van der Waals surface area (Å²) in [6.45, 7) is 7.50. The highest BCUT2D eigenvalue weighted by Gasteiger charge is 2.17. The summed E-state index contributed by atoms with van der Waals surface area (Å²) in [4.78, 5) is 13.5. The molecule has 0 spiro atoms. The minimum absolute atomic E-state index is 0.115. The number of likely N-dealkylation sites (N-methyl/N-ethyl adjacent to an activating group) is 1. The molecule has 0 bridgehead atoms. The number of carbonyl (C=O) groups excluding carboxylic acids is 1. The molecule has 0 saturated heterocycles. The molecule has 1 atom stereocenters. The van der Waals surface area contributed by atoms with E-state index < -0.39 is 9.84 Å². The highest BCUT2D eigenvalue weighted by atomic mass is 32.2. The van der Waals surface area contributed by atoms with Crippen LogP contribution < -0.4 is 10.2 Å². The summed E-state index contributed by atoms with van der Waals surface area (Å²) >= 11 is 0. The van der Waals surface area contributed by atoms with Crippen LogP contribution in [0.4, 0.5) is 5.69 Å². The first-order valence-electron chi connectivity index (χ1n) is 8.96. The zero-order valence-corrected chi connectivity index (χ0v) is 17.5. The first kappa shape index (κ1) is 21.1. The van der Waals surface area contributed by atoms with E-state index in [1.165, 1.54) is 11.6 Å². The first-order valence-corrected chi connectivity index (χ1v) is 10.9. The number of benzene rings is 2. The molecule has 2 aromatic rings. The molecule has 0 heterocycles. The number of nitrogens with one attached hydrogen (secondary N) is 2. The van der Waals surface area contributed by atoms with Gasteiger partial charge in [-0.15, -0.1) is 0 Å². The van der Waals surface area contributed by atoms with Gasteiger partial charge in [0, 0.05) is 11.8 Å². The predicted octanol–water partition coefficient (Wildman–Crippen LogP) is 2.04. The number of quaternary nitrogens is 1. The van der Waals surface area contributed by atoms with E-state index in [1.54, 1.807) is 18.2 Å². The van der Waals surface area contributed by atoms with Gasteiger partial charge in [0.15, 0.2) is 16.4 Å². The van der Waals surface area contributed by atoms with Crippen LogP contribution in [0.5, 0.6) is 0 Å². The molecule has 1 unspecified atom stereocenters. The van der Waals surface area contributed by atoms with E-state index in [0.29, 0.717) is 12.2 Å². The Bertz CT molecular complexity index is 898. The summed E-state index contributed by atoms with van der Waals surface area (Å²) in [5, 5.41) is 2.72. The Morgan fingerprint density at radius 1 is 1.04 bits per heavy atom. The van der Waals surface area contributed by atoms with Crippen LogP contribution in [-0.2, 0) is 26.6 Å². The van der Waals surface area contributed by atoms with Crippen LogP contribution in [0, 0.1) is 0 Å². The van der Waals surface area contributed by atoms with Crippen molar-refractivity contribution < 1.29 is 18.1 Å². The van der Waals surface area contributed by atoms with Crippen molar-refractivity contribution in [2.24, 2.45) is 0 Å². The monoisotopic (exact) mass is 389 g/mol. The first-order chi connectivity index (χ1) is 12.5. The fraction of sp³-hybridized carbons (Fsp3) is 0.381. The van der Waals surface area contributed by atoms with Gasteiger partial charge in [-0.2, -0.15) is 0 Å². The molecule has 6 heteroatoms. The van der Waals surface area contributed by atoms with Crippen LogP contribution in [0.2, 0.25) is 0 Å². The van der Waals surface area contributed by atoms with E-state index >= 15 is 0 Å². The molecule has 0 saturated carbocycles. The van der Waals surface area contributed by atoms with Crippen LogP contribution in [0.1, 0.15) is 31.9 Å². The number of sulfone groups is 1. The number of carbonyl (C=O) groups is 1. The molecule has 0 fully saturated rings. The molecule has 2 rings (SSSR count). The largest absolute Gasteiger partial charge is 0.326 e. The van der Waals surface area contributed by atoms with Gasteiger partial charge < -0.3 is 10.2 Å². The average Bonchev–Trinajstić information content (AvgIpc) is 2.53. The third-order valence-corrected chi connectivity index (χ3v) is 5.50. The molecule has 2 N–H and O–H groups in total. The second-order valence-electron chi connectivity index (χ2n) is 8.07. The molecule has 0 aliphatic heterocycles. The standard InChI is InChI=1S/C21H28N2O3S/c1-21(2,3)17-12-10-16(11-13-17)14-23(4)15-20(24)22-18-8-6-7-9-19(18)27(5,25)26/h6-13H,14-15H2,1-5H3,(H,22,24)/p+1. The highest BCUT2D eigenvalue weighted by Crippen LogP contribution is 2.22. The number of anilines is 1. The Hall–Kier alpha value is -2.18. The predicted molar refractivity (Wildman–Crippen MR) is 109 cm³/mol. The Labute approximate surface area is 162 Å². The Kier molecular flexibility index (Phi) is 6.44. The van der Waals surface area contributed by atoms with E-state index in [9.17, 15) is 13.2 Å². The molecule has 0 radical (unpaired) electrons. The van der Waals surface area contributed by atoms with E-state index in [-0.39, 0.29) is 22.8 Å². The van der Waals surface area contributed by atoms with Crippen molar-refractivity contribution in [3.05, 3.63) is 59.7 Å². The van der Waals surface area contributed by atoms with Crippen LogP contribution in [0.25, 0.3) is 0 Å². The molecule has 0 aliphatic carbocycles. The molecule has 2 aromatic carbocycles. The Morgan fingerprint density at radius 3 is 2.19 bits per heavy atom. The van der Waals surface area contributed by atoms with Gasteiger partial charge in [0.05, 0.1) is 17.6 Å². The third-order valence-electron chi connectivity index (χ3n) is 4.35. The van der Waals surface area contributed by atoms with Gasteiger partial charge in [0.2, 0.25) is 0 Å². The Morgan fingerprint density at radius 2 is 1.63 bits per heavy atom. The van der Waals surface area contributed by atoms with Gasteiger partial charge in [0.25, 0.3) is 5.91 Å². The smallest absolute Gasteiger partial charge is 0.279 e. The molecular formula is C21H29N2O3S+. The quantitative estimate of drug-likeness (QED) is 0.795. The topological polar surface area (TPSA) is 67.7 Å². The van der Waals surface area contributed by atoms with Crippen molar-refractivity contribution >= 4 is 21.4 Å². The lowest BCUT2D eigenvalue weighted by atomic mass is 9.87. The number of hydrogen-bond acceptors (Lipinski definition) is 3. The van der Waals surface area contributed by atoms with Gasteiger partial charge in [-0.25, -0.2) is 8.42 Å². The summed E-state index contributed by atoms with van der Waals surface area (Å²) in [7, 11) is -1.45. The molecule has 0 aromatic heterocycles. The molecular weight excluding hydrogens is 360 g/mol. The maximum absolute atomic E-state index is 12.4. The maximum Gasteiger partial charge on any atom is 0.279 e. The van der Waals surface area contributed by atoms with E-state index in [4.69, 9.17) is 0 Å². The van der Waals surface area contributed by atoms with Crippen molar-refractivity contribution in [2.45, 2.75) is 37.6 Å². The van der Waals surface area contributed by atoms with Gasteiger partial charge >= 0.3 is 0 Å². The van der Waals surface area contributed by atoms with E-state index in [1.807, 2.05) is 7.05 Å². The number of amides is 1. The fourth-order valence-electron chi connectivity index (χ4n) is 2.90. The van der Waals surface area contributed by atoms with E-state index in [2.05, 4.69) is 50.4 Å². The molecule has 1 amide bonds. The summed E-state index contributed by atoms with van der Waals surface area (Å²) in [5.74, 6) is -0.213. The van der Waals surface area contributed by atoms with Crippen molar-refractivity contribution in [2.75, 3.05) is 25.2 Å². The van der Waals surface area contributed by atoms with Crippen molar-refractivity contribution in [1.82, 2.24) is 0 Å². The maximum atomic E-state index is 12.4. The molecule has 0 aliphatic rings. The van der Waals surface area contributed by atoms with Crippen molar-refractivity contribution in [3.63, 3.8) is 0 Å². The lowest BCUT2D eigenvalue weighted by Crippen LogP contribution is -3.08. The van der Waals surface area contributed by atoms with Gasteiger partial charge in [-0.3, -0.25) is 4.79 Å². The number of rotatable bonds is 6. The summed E-state index contributed by atoms with van der Waals surface area (Å²) in [5.41, 5.74) is 2.88. The molecule has 146 valence electrons. The van der Waals surface area contributed by atoms with Crippen molar-refractivity contribution in [3.8, 4) is 0 Å². The van der Waals surface area contributed by atoms with Crippen molar-refractivity contribution in [1.29, 1.82) is 0 Å². The molecule has 27 heavy (non-hydrogen) atoms. The van der Waals surface area contributed by atoms with Crippen LogP contribution in [-0.4, -0.2) is 34.2 Å². The van der Waals surface area contributed by atoms with Crippen LogP contribution in [0.15, 0.2) is 53.4 Å². The minimum Gasteiger partial charge on any atom is -0.326 e. The SMILES string of the molecule is C[NH+](CC(=O)Nc1ccccc1S(C)(=O)=O)Cc1ccc(C(C)(C)C)cc1. The third kappa shape index (κ3) is 6.19. The lowest BCUT2D eigenvalue weighted by Gasteiger charge is -2.20. The van der Waals surface area contributed by atoms with Gasteiger partial charge in [-0.1, -0.05) is 57.2 Å². The normalized spacial score (nSPS) is 13.2. The summed E-state index contributed by atoms with van der Waals surface area (Å²) in [6.07, 6.45) is 1.14.